The number of benzene rings is 1. The van der Waals surface area contributed by atoms with Crippen LogP contribution in [0.2, 0.25) is 0 Å². The molecule has 0 radical (unpaired) electrons. The van der Waals surface area contributed by atoms with Gasteiger partial charge < -0.3 is 35.4 Å². The van der Waals surface area contributed by atoms with Gasteiger partial charge in [-0.05, 0) is 12.1 Å². The average Bonchev–Trinajstić information content (AvgIpc) is 2.50. The molecule has 1 aromatic carbocycles. The zero-order valence-corrected chi connectivity index (χ0v) is 10.8. The lowest BCUT2D eigenvalue weighted by atomic mass is 9.82. The largest absolute Gasteiger partial charge is 0.424 e. The van der Waals surface area contributed by atoms with E-state index in [1.165, 1.54) is 24.3 Å². The molecule has 116 valence electrons. The van der Waals surface area contributed by atoms with Gasteiger partial charge in [0.2, 0.25) is 0 Å². The number of aliphatic hydroxyl groups is 6. The third-order valence-electron chi connectivity index (χ3n) is 3.46. The Labute approximate surface area is 119 Å². The summed E-state index contributed by atoms with van der Waals surface area (Å²) in [5.41, 5.74) is 0.0282. The van der Waals surface area contributed by atoms with Gasteiger partial charge in [0.1, 0.15) is 18.3 Å². The normalized spacial score (nSPS) is 39.8. The van der Waals surface area contributed by atoms with Crippen LogP contribution in [0.3, 0.4) is 0 Å². The van der Waals surface area contributed by atoms with Gasteiger partial charge in [-0.2, -0.15) is 0 Å². The number of hydrogen-bond donors (Lipinski definition) is 6. The molecule has 0 spiro atoms. The number of rotatable bonds is 2. The molecule has 8 heteroatoms. The van der Waals surface area contributed by atoms with Gasteiger partial charge in [0.05, 0.1) is 5.56 Å². The molecule has 8 nitrogen and oxygen atoms in total. The van der Waals surface area contributed by atoms with Gasteiger partial charge in [-0.3, -0.25) is 0 Å². The van der Waals surface area contributed by atoms with E-state index in [0.717, 1.165) is 0 Å². The number of hydrogen-bond acceptors (Lipinski definition) is 8. The van der Waals surface area contributed by atoms with Gasteiger partial charge in [-0.15, -0.1) is 0 Å². The van der Waals surface area contributed by atoms with Gasteiger partial charge in [0, 0.05) is 0 Å². The van der Waals surface area contributed by atoms with E-state index in [9.17, 15) is 35.4 Å². The molecular weight excluding hydrogens is 284 g/mol. The molecule has 0 aliphatic heterocycles. The van der Waals surface area contributed by atoms with E-state index in [2.05, 4.69) is 4.74 Å². The van der Waals surface area contributed by atoms with Crippen molar-refractivity contribution in [1.82, 2.24) is 0 Å². The molecule has 0 bridgehead atoms. The number of carbonyl (C=O) groups excluding carboxylic acids is 1. The van der Waals surface area contributed by atoms with Crippen molar-refractivity contribution < 1.29 is 40.2 Å². The molecule has 1 fully saturated rings. The Morgan fingerprint density at radius 3 is 1.86 bits per heavy atom. The van der Waals surface area contributed by atoms with E-state index < -0.39 is 42.3 Å². The highest BCUT2D eigenvalue weighted by atomic mass is 16.7. The second-order valence-electron chi connectivity index (χ2n) is 4.87. The summed E-state index contributed by atoms with van der Waals surface area (Å²) in [4.78, 5) is 11.9. The summed E-state index contributed by atoms with van der Waals surface area (Å²) in [6, 6.07) is 7.44. The van der Waals surface area contributed by atoms with Gasteiger partial charge in [0.15, 0.2) is 12.2 Å². The maximum atomic E-state index is 11.9. The predicted molar refractivity (Wildman–Crippen MR) is 66.8 cm³/mol. The van der Waals surface area contributed by atoms with Gasteiger partial charge >= 0.3 is 5.97 Å². The van der Waals surface area contributed by atoms with Crippen LogP contribution >= 0.6 is 0 Å². The second kappa shape index (κ2) is 5.68. The van der Waals surface area contributed by atoms with Crippen LogP contribution in [-0.4, -0.2) is 72.9 Å². The lowest BCUT2D eigenvalue weighted by Crippen LogP contribution is -2.72. The van der Waals surface area contributed by atoms with Crippen LogP contribution in [-0.2, 0) is 4.74 Å². The highest BCUT2D eigenvalue weighted by Crippen LogP contribution is 2.32. The lowest BCUT2D eigenvalue weighted by molar-refractivity contribution is -0.341. The number of carbonyl (C=O) groups is 1. The summed E-state index contributed by atoms with van der Waals surface area (Å²) >= 11 is 0. The zero-order chi connectivity index (χ0) is 15.8. The van der Waals surface area contributed by atoms with E-state index in [4.69, 9.17) is 0 Å². The van der Waals surface area contributed by atoms with Gasteiger partial charge in [-0.25, -0.2) is 4.79 Å². The van der Waals surface area contributed by atoms with Crippen molar-refractivity contribution in [3.05, 3.63) is 35.9 Å². The summed E-state index contributed by atoms with van der Waals surface area (Å²) in [7, 11) is 0. The van der Waals surface area contributed by atoms with E-state index in [-0.39, 0.29) is 5.56 Å². The summed E-state index contributed by atoms with van der Waals surface area (Å²) in [6.45, 7) is 0. The highest BCUT2D eigenvalue weighted by molar-refractivity contribution is 5.89. The number of esters is 1. The summed E-state index contributed by atoms with van der Waals surface area (Å²) < 4.78 is 4.66. The first-order valence-corrected chi connectivity index (χ1v) is 6.20. The Morgan fingerprint density at radius 1 is 0.905 bits per heavy atom. The van der Waals surface area contributed by atoms with Crippen molar-refractivity contribution in [2.75, 3.05) is 0 Å². The van der Waals surface area contributed by atoms with Crippen molar-refractivity contribution >= 4 is 5.97 Å². The smallest absolute Gasteiger partial charge is 0.340 e. The Kier molecular flexibility index (Phi) is 4.28. The Bertz CT molecular complexity index is 488. The maximum Gasteiger partial charge on any atom is 0.340 e. The molecule has 1 saturated carbocycles. The molecule has 6 atom stereocenters. The third kappa shape index (κ3) is 2.64. The minimum absolute atomic E-state index is 0.0282. The molecule has 0 heterocycles. The van der Waals surface area contributed by atoms with Crippen molar-refractivity contribution in [3.63, 3.8) is 0 Å². The molecular formula is C13H16O8. The van der Waals surface area contributed by atoms with Crippen molar-refractivity contribution in [1.29, 1.82) is 0 Å². The average molecular weight is 300 g/mol. The molecule has 0 amide bonds. The highest BCUT2D eigenvalue weighted by Gasteiger charge is 2.60. The first kappa shape index (κ1) is 15.8. The molecule has 0 aromatic heterocycles. The fraction of sp³-hybridized carbons (Fsp3) is 0.462. The fourth-order valence-corrected chi connectivity index (χ4v) is 2.14. The van der Waals surface area contributed by atoms with Crippen LogP contribution in [0.15, 0.2) is 30.3 Å². The first-order valence-electron chi connectivity index (χ1n) is 6.20. The van der Waals surface area contributed by atoms with E-state index >= 15 is 0 Å². The SMILES string of the molecule is O=C(O[C@]1(O)[C@H](O)[C@H](O)[C@@H](O)[C@H](O)[C@H]1O)c1ccccc1. The minimum Gasteiger partial charge on any atom is -0.424 e. The van der Waals surface area contributed by atoms with Crippen LogP contribution in [0.5, 0.6) is 0 Å². The number of aliphatic hydroxyl groups excluding tert-OH is 5. The summed E-state index contributed by atoms with van der Waals surface area (Å²) in [5, 5.41) is 58.1. The van der Waals surface area contributed by atoms with Gasteiger partial charge in [-0.1, -0.05) is 18.2 Å². The zero-order valence-electron chi connectivity index (χ0n) is 10.8. The summed E-state index contributed by atoms with van der Waals surface area (Å²) in [6.07, 6.45) is -10.3. The lowest BCUT2D eigenvalue weighted by Gasteiger charge is -2.46. The van der Waals surface area contributed by atoms with Crippen LogP contribution < -0.4 is 0 Å². The number of ether oxygens (including phenoxy) is 1. The Balaban J connectivity index is 2.25. The standard InChI is InChI=1S/C13H16O8/c14-7-8(15)10(17)13(20,11(18)9(7)16)21-12(19)6-4-2-1-3-5-6/h1-5,7-11,14-18,20H/t7-,8-,9+,10-,11-,13-/m1/s1. The van der Waals surface area contributed by atoms with Crippen LogP contribution in [0.25, 0.3) is 0 Å². The van der Waals surface area contributed by atoms with E-state index in [1.54, 1.807) is 6.07 Å². The third-order valence-corrected chi connectivity index (χ3v) is 3.46. The van der Waals surface area contributed by atoms with E-state index in [1.807, 2.05) is 0 Å². The molecule has 2 rings (SSSR count). The van der Waals surface area contributed by atoms with Gasteiger partial charge in [0.25, 0.3) is 5.79 Å². The monoisotopic (exact) mass is 300 g/mol. The Morgan fingerprint density at radius 2 is 1.38 bits per heavy atom. The first-order chi connectivity index (χ1) is 9.79. The van der Waals surface area contributed by atoms with Crippen LogP contribution in [0, 0.1) is 0 Å². The van der Waals surface area contributed by atoms with Crippen LogP contribution in [0.4, 0.5) is 0 Å². The molecule has 6 N–H and O–H groups in total. The maximum absolute atomic E-state index is 11.9. The van der Waals surface area contributed by atoms with E-state index in [0.29, 0.717) is 0 Å². The van der Waals surface area contributed by atoms with Crippen molar-refractivity contribution in [3.8, 4) is 0 Å². The predicted octanol–water partition coefficient (Wildman–Crippen LogP) is -2.65. The molecule has 1 aliphatic carbocycles. The van der Waals surface area contributed by atoms with Crippen LogP contribution in [0.1, 0.15) is 10.4 Å². The molecule has 0 saturated heterocycles. The van der Waals surface area contributed by atoms with Crippen molar-refractivity contribution in [2.24, 2.45) is 0 Å². The second-order valence-corrected chi connectivity index (χ2v) is 4.87. The fourth-order valence-electron chi connectivity index (χ4n) is 2.14. The quantitative estimate of drug-likeness (QED) is 0.256. The van der Waals surface area contributed by atoms with Crippen molar-refractivity contribution in [2.45, 2.75) is 36.3 Å². The molecule has 0 unspecified atom stereocenters. The summed E-state index contributed by atoms with van der Waals surface area (Å²) in [5.74, 6) is -4.03. The molecule has 1 aromatic rings. The Hall–Kier alpha value is -1.55. The minimum atomic E-state index is -2.95. The molecule has 21 heavy (non-hydrogen) atoms. The topological polar surface area (TPSA) is 148 Å². The molecule has 1 aliphatic rings.